The average Bonchev–Trinajstić information content (AvgIpc) is 2.49. The number of hydrogen-bond acceptors (Lipinski definition) is 3. The monoisotopic (exact) mass is 285 g/mol. The van der Waals surface area contributed by atoms with Gasteiger partial charge in [0.1, 0.15) is 0 Å². The van der Waals surface area contributed by atoms with Crippen LogP contribution in [0, 0.1) is 0 Å². The van der Waals surface area contributed by atoms with Crippen molar-refractivity contribution < 1.29 is 9.59 Å². The molecule has 0 aliphatic carbocycles. The highest BCUT2D eigenvalue weighted by atomic mass is 16.2. The van der Waals surface area contributed by atoms with Gasteiger partial charge in [0.25, 0.3) is 5.91 Å². The highest BCUT2D eigenvalue weighted by molar-refractivity contribution is 6.04. The van der Waals surface area contributed by atoms with Crippen LogP contribution in [-0.4, -0.2) is 23.8 Å². The van der Waals surface area contributed by atoms with Gasteiger partial charge in [-0.3, -0.25) is 14.4 Å². The molecule has 2 aromatic rings. The first kappa shape index (κ1) is 14.5. The lowest BCUT2D eigenvalue weighted by atomic mass is 10.1. The fourth-order valence-electron chi connectivity index (χ4n) is 1.84. The average molecular weight is 285 g/mol. The first-order valence-electron chi connectivity index (χ1n) is 6.38. The molecule has 0 fully saturated rings. The van der Waals surface area contributed by atoms with Crippen LogP contribution >= 0.6 is 0 Å². The minimum Gasteiger partial charge on any atom is -0.359 e. The zero-order valence-electron chi connectivity index (χ0n) is 11.5. The molecule has 1 aromatic carbocycles. The second kappa shape index (κ2) is 6.51. The van der Waals surface area contributed by atoms with E-state index in [0.29, 0.717) is 11.3 Å². The molecule has 0 saturated heterocycles. The predicted octanol–water partition coefficient (Wildman–Crippen LogP) is 0.916. The fraction of sp³-hybridized carbons (Fsp3) is 0.133. The van der Waals surface area contributed by atoms with Crippen LogP contribution in [0.5, 0.6) is 0 Å². The molecule has 0 bridgehead atoms. The van der Waals surface area contributed by atoms with Crippen LogP contribution in [-0.2, 0) is 11.2 Å². The number of carbonyl (C=O) groups excluding carboxylic acids is 2. The Morgan fingerprint density at radius 1 is 1.19 bits per heavy atom. The Morgan fingerprint density at radius 2 is 1.95 bits per heavy atom. The van der Waals surface area contributed by atoms with Crippen molar-refractivity contribution in [3.63, 3.8) is 0 Å². The van der Waals surface area contributed by atoms with E-state index in [1.807, 2.05) is 0 Å². The summed E-state index contributed by atoms with van der Waals surface area (Å²) in [6, 6.07) is 9.77. The summed E-state index contributed by atoms with van der Waals surface area (Å²) in [5.41, 5.74) is 1.16. The van der Waals surface area contributed by atoms with E-state index in [0.717, 1.165) is 0 Å². The van der Waals surface area contributed by atoms with Crippen molar-refractivity contribution in [1.29, 1.82) is 0 Å². The molecule has 21 heavy (non-hydrogen) atoms. The first-order chi connectivity index (χ1) is 10.1. The zero-order valence-corrected chi connectivity index (χ0v) is 11.5. The summed E-state index contributed by atoms with van der Waals surface area (Å²) in [5, 5.41) is 5.25. The van der Waals surface area contributed by atoms with Crippen molar-refractivity contribution in [2.24, 2.45) is 0 Å². The van der Waals surface area contributed by atoms with E-state index >= 15 is 0 Å². The minimum absolute atomic E-state index is 0.146. The van der Waals surface area contributed by atoms with E-state index in [9.17, 15) is 14.4 Å². The highest BCUT2D eigenvalue weighted by Crippen LogP contribution is 2.16. The van der Waals surface area contributed by atoms with Crippen LogP contribution in [0.2, 0.25) is 0 Å². The summed E-state index contributed by atoms with van der Waals surface area (Å²) >= 11 is 0. The summed E-state index contributed by atoms with van der Waals surface area (Å²) in [6.45, 7) is 0. The number of amides is 2. The molecule has 0 unspecified atom stereocenters. The minimum atomic E-state index is -0.398. The van der Waals surface area contributed by atoms with Gasteiger partial charge in [0.2, 0.25) is 11.5 Å². The molecule has 0 atom stereocenters. The third-order valence-electron chi connectivity index (χ3n) is 2.93. The molecule has 0 aliphatic rings. The number of pyridine rings is 1. The molecule has 0 aliphatic heterocycles. The largest absolute Gasteiger partial charge is 0.359 e. The van der Waals surface area contributed by atoms with Crippen LogP contribution in [0.4, 0.5) is 5.69 Å². The molecule has 0 spiro atoms. The number of rotatable bonds is 4. The van der Waals surface area contributed by atoms with Gasteiger partial charge in [0.05, 0.1) is 6.42 Å². The molecule has 6 nitrogen and oxygen atoms in total. The molecule has 0 saturated carbocycles. The Labute approximate surface area is 121 Å². The number of hydrogen-bond donors (Lipinski definition) is 3. The first-order valence-corrected chi connectivity index (χ1v) is 6.38. The lowest BCUT2D eigenvalue weighted by molar-refractivity contribution is -0.119. The van der Waals surface area contributed by atoms with Gasteiger partial charge in [-0.05, 0) is 17.7 Å². The number of para-hydroxylation sites is 1. The maximum Gasteiger partial charge on any atom is 0.255 e. The fourth-order valence-corrected chi connectivity index (χ4v) is 1.84. The third kappa shape index (κ3) is 3.79. The molecule has 1 heterocycles. The summed E-state index contributed by atoms with van der Waals surface area (Å²) in [6.07, 6.45) is 1.58. The number of benzene rings is 1. The lowest BCUT2D eigenvalue weighted by Gasteiger charge is -2.10. The molecule has 2 amide bonds. The number of nitrogens with one attached hydrogen (secondary N) is 3. The van der Waals surface area contributed by atoms with Crippen LogP contribution in [0.1, 0.15) is 15.9 Å². The molecular weight excluding hydrogens is 270 g/mol. The second-order valence-electron chi connectivity index (χ2n) is 4.40. The zero-order chi connectivity index (χ0) is 15.2. The van der Waals surface area contributed by atoms with Gasteiger partial charge in [0.15, 0.2) is 0 Å². The lowest BCUT2D eigenvalue weighted by Crippen LogP contribution is -2.21. The summed E-state index contributed by atoms with van der Waals surface area (Å²) in [7, 11) is 1.56. The Balaban J connectivity index is 2.21. The van der Waals surface area contributed by atoms with Crippen LogP contribution < -0.4 is 16.2 Å². The molecule has 2 rings (SSSR count). The van der Waals surface area contributed by atoms with E-state index in [-0.39, 0.29) is 23.5 Å². The number of H-pyrrole nitrogens is 1. The topological polar surface area (TPSA) is 91.1 Å². The Kier molecular flexibility index (Phi) is 4.50. The van der Waals surface area contributed by atoms with E-state index in [1.165, 1.54) is 18.3 Å². The molecule has 1 aromatic heterocycles. The molecule has 0 radical (unpaired) electrons. The smallest absolute Gasteiger partial charge is 0.255 e. The number of carbonyl (C=O) groups is 2. The molecule has 6 heteroatoms. The Bertz CT molecular complexity index is 722. The number of likely N-dealkylation sites (N-methyl/N-ethyl adjacent to an activating group) is 1. The predicted molar refractivity (Wildman–Crippen MR) is 79.2 cm³/mol. The van der Waals surface area contributed by atoms with Gasteiger partial charge in [-0.25, -0.2) is 0 Å². The van der Waals surface area contributed by atoms with Crippen LogP contribution in [0.25, 0.3) is 0 Å². The maximum atomic E-state index is 12.1. The summed E-state index contributed by atoms with van der Waals surface area (Å²) in [4.78, 5) is 37.2. The maximum absolute atomic E-state index is 12.1. The van der Waals surface area contributed by atoms with Gasteiger partial charge in [-0.1, -0.05) is 18.2 Å². The Hall–Kier alpha value is -2.89. The normalized spacial score (nSPS) is 9.95. The Morgan fingerprint density at radius 3 is 2.67 bits per heavy atom. The number of anilines is 1. The molecule has 3 N–H and O–H groups in total. The van der Waals surface area contributed by atoms with E-state index in [2.05, 4.69) is 15.6 Å². The van der Waals surface area contributed by atoms with Gasteiger partial charge >= 0.3 is 0 Å². The van der Waals surface area contributed by atoms with Gasteiger partial charge < -0.3 is 15.6 Å². The molecular formula is C15H15N3O3. The second-order valence-corrected chi connectivity index (χ2v) is 4.40. The van der Waals surface area contributed by atoms with E-state index in [4.69, 9.17) is 0 Å². The standard InChI is InChI=1S/C15H15N3O3/c1-16-13(19)8-10-4-2-3-5-12(10)18-15(21)11-6-7-17-14(20)9-11/h2-7,9H,8H2,1H3,(H,16,19)(H,17,20)(H,18,21). The van der Waals surface area contributed by atoms with Crippen molar-refractivity contribution in [2.75, 3.05) is 12.4 Å². The van der Waals surface area contributed by atoms with Crippen molar-refractivity contribution in [3.05, 3.63) is 64.1 Å². The van der Waals surface area contributed by atoms with Crippen molar-refractivity contribution >= 4 is 17.5 Å². The van der Waals surface area contributed by atoms with Crippen LogP contribution in [0.3, 0.4) is 0 Å². The quantitative estimate of drug-likeness (QED) is 0.780. The van der Waals surface area contributed by atoms with E-state index in [1.54, 1.807) is 31.3 Å². The SMILES string of the molecule is CNC(=O)Cc1ccccc1NC(=O)c1cc[nH]c(=O)c1. The van der Waals surface area contributed by atoms with Crippen molar-refractivity contribution in [1.82, 2.24) is 10.3 Å². The highest BCUT2D eigenvalue weighted by Gasteiger charge is 2.11. The van der Waals surface area contributed by atoms with Crippen molar-refractivity contribution in [2.45, 2.75) is 6.42 Å². The summed E-state index contributed by atoms with van der Waals surface area (Å²) in [5.74, 6) is -0.543. The van der Waals surface area contributed by atoms with Gasteiger partial charge in [0, 0.05) is 30.6 Å². The third-order valence-corrected chi connectivity index (χ3v) is 2.93. The number of aromatic nitrogens is 1. The van der Waals surface area contributed by atoms with Crippen molar-refractivity contribution in [3.8, 4) is 0 Å². The van der Waals surface area contributed by atoms with Gasteiger partial charge in [-0.15, -0.1) is 0 Å². The summed E-state index contributed by atoms with van der Waals surface area (Å²) < 4.78 is 0. The van der Waals surface area contributed by atoms with E-state index < -0.39 is 5.91 Å². The molecule has 108 valence electrons. The number of aromatic amines is 1. The van der Waals surface area contributed by atoms with Gasteiger partial charge in [-0.2, -0.15) is 0 Å². The van der Waals surface area contributed by atoms with Crippen LogP contribution in [0.15, 0.2) is 47.4 Å².